The van der Waals surface area contributed by atoms with E-state index in [1.54, 1.807) is 12.4 Å². The van der Waals surface area contributed by atoms with Gasteiger partial charge in [-0.1, -0.05) is 31.7 Å². The van der Waals surface area contributed by atoms with Gasteiger partial charge in [0.1, 0.15) is 11.7 Å². The van der Waals surface area contributed by atoms with Gasteiger partial charge in [-0.2, -0.15) is 0 Å². The van der Waals surface area contributed by atoms with E-state index >= 15 is 4.39 Å². The Hall–Kier alpha value is -1.93. The molecular weight excluding hydrogens is 465 g/mol. The van der Waals surface area contributed by atoms with Crippen molar-refractivity contribution in [3.63, 3.8) is 0 Å². The van der Waals surface area contributed by atoms with Crippen LogP contribution in [0, 0.1) is 17.8 Å². The zero-order valence-corrected chi connectivity index (χ0v) is 20.7. The number of nitrogens with zero attached hydrogens (tertiary/aromatic N) is 2. The van der Waals surface area contributed by atoms with Gasteiger partial charge >= 0.3 is 5.97 Å². The van der Waals surface area contributed by atoms with Crippen molar-refractivity contribution < 1.29 is 19.1 Å². The SMILES string of the molecule is O=C(O)C1=CN2C3CC4CCCCC4CC3SC3C(NCCc4ccccn4)C(F)CC(C1=O)C32. The third kappa shape index (κ3) is 4.20. The Morgan fingerprint density at radius 1 is 1.20 bits per heavy atom. The molecule has 0 aromatic carbocycles. The molecule has 3 heterocycles. The lowest BCUT2D eigenvalue weighted by Crippen LogP contribution is -2.70. The molecule has 0 radical (unpaired) electrons. The summed E-state index contributed by atoms with van der Waals surface area (Å²) in [4.78, 5) is 31.8. The van der Waals surface area contributed by atoms with Gasteiger partial charge < -0.3 is 15.3 Å². The number of ketones is 1. The lowest BCUT2D eigenvalue weighted by atomic mass is 9.67. The first kappa shape index (κ1) is 23.5. The summed E-state index contributed by atoms with van der Waals surface area (Å²) < 4.78 is 15.7. The van der Waals surface area contributed by atoms with Gasteiger partial charge in [0.25, 0.3) is 0 Å². The average Bonchev–Trinajstić information content (AvgIpc) is 2.86. The van der Waals surface area contributed by atoms with E-state index in [9.17, 15) is 14.7 Å². The van der Waals surface area contributed by atoms with Crippen molar-refractivity contribution in [2.45, 2.75) is 86.2 Å². The number of alkyl halides is 1. The van der Waals surface area contributed by atoms with Gasteiger partial charge in [-0.25, -0.2) is 9.18 Å². The van der Waals surface area contributed by atoms with E-state index in [0.717, 1.165) is 30.9 Å². The Kier molecular flexibility index (Phi) is 6.37. The van der Waals surface area contributed by atoms with Crippen LogP contribution in [0.2, 0.25) is 0 Å². The first-order valence-corrected chi connectivity index (χ1v) is 14.1. The van der Waals surface area contributed by atoms with Crippen molar-refractivity contribution in [3.8, 4) is 0 Å². The van der Waals surface area contributed by atoms with E-state index < -0.39 is 18.1 Å². The number of Topliss-reactive ketones (excluding diaryl/α,β-unsaturated/α-hetero) is 1. The van der Waals surface area contributed by atoms with E-state index in [4.69, 9.17) is 0 Å². The zero-order valence-electron chi connectivity index (χ0n) is 19.9. The minimum Gasteiger partial charge on any atom is -0.478 e. The second-order valence-corrected chi connectivity index (χ2v) is 12.5. The quantitative estimate of drug-likeness (QED) is 0.599. The first-order chi connectivity index (χ1) is 17.0. The molecule has 0 spiro atoms. The van der Waals surface area contributed by atoms with Crippen LogP contribution in [0.5, 0.6) is 0 Å². The molecule has 3 aliphatic carbocycles. The number of carbonyl (C=O) groups is 2. The number of carbonyl (C=O) groups excluding carboxylic acids is 1. The molecule has 4 fully saturated rings. The number of aromatic nitrogens is 1. The summed E-state index contributed by atoms with van der Waals surface area (Å²) in [5.74, 6) is -0.748. The van der Waals surface area contributed by atoms with Gasteiger partial charge in [0.15, 0.2) is 5.78 Å². The Balaban J connectivity index is 1.29. The first-order valence-electron chi connectivity index (χ1n) is 13.2. The molecule has 9 atom stereocenters. The minimum atomic E-state index is -1.18. The number of rotatable bonds is 5. The molecule has 188 valence electrons. The molecule has 2 N–H and O–H groups in total. The summed E-state index contributed by atoms with van der Waals surface area (Å²) in [6.07, 6.45) is 10.3. The van der Waals surface area contributed by atoms with Gasteiger partial charge in [0.2, 0.25) is 0 Å². The van der Waals surface area contributed by atoms with Gasteiger partial charge in [0, 0.05) is 53.5 Å². The van der Waals surface area contributed by atoms with Crippen molar-refractivity contribution >= 4 is 23.5 Å². The van der Waals surface area contributed by atoms with Crippen LogP contribution < -0.4 is 5.32 Å². The normalized spacial score (nSPS) is 40.3. The van der Waals surface area contributed by atoms with Crippen LogP contribution in [-0.2, 0) is 16.0 Å². The third-order valence-corrected chi connectivity index (χ3v) is 10.9. The van der Waals surface area contributed by atoms with Crippen molar-refractivity contribution in [2.75, 3.05) is 6.54 Å². The third-order valence-electron chi connectivity index (χ3n) is 9.20. The van der Waals surface area contributed by atoms with Crippen LogP contribution in [0.4, 0.5) is 4.39 Å². The van der Waals surface area contributed by atoms with Crippen LogP contribution in [0.15, 0.2) is 36.2 Å². The molecular formula is C27H34FN3O3S. The van der Waals surface area contributed by atoms with E-state index in [-0.39, 0.29) is 41.2 Å². The standard InChI is InChI=1S/C27H34FN3O3S/c28-20-13-18-24-26(23(20)30-10-8-17-7-3-4-9-29-17)35-22-12-16-6-2-1-5-15(16)11-21(22)31(24)14-19(25(18)32)27(33)34/h3-4,7,9,14-16,18,20-24,26,30H,1-2,5-6,8,10-13H2,(H,33,34). The van der Waals surface area contributed by atoms with E-state index in [0.29, 0.717) is 17.7 Å². The maximum Gasteiger partial charge on any atom is 0.340 e. The van der Waals surface area contributed by atoms with Crippen LogP contribution >= 0.6 is 11.8 Å². The molecule has 5 aliphatic rings. The van der Waals surface area contributed by atoms with Crippen molar-refractivity contribution in [1.82, 2.24) is 15.2 Å². The monoisotopic (exact) mass is 499 g/mol. The number of nitrogens with one attached hydrogen (secondary N) is 1. The highest BCUT2D eigenvalue weighted by molar-refractivity contribution is 8.00. The number of thioether (sulfide) groups is 1. The fraction of sp³-hybridized carbons (Fsp3) is 0.667. The minimum absolute atomic E-state index is 0.0792. The molecule has 1 saturated heterocycles. The Labute approximate surface area is 210 Å². The molecule has 1 aromatic heterocycles. The average molecular weight is 500 g/mol. The summed E-state index contributed by atoms with van der Waals surface area (Å²) in [5.41, 5.74) is 0.815. The molecule has 8 heteroatoms. The Morgan fingerprint density at radius 3 is 2.74 bits per heavy atom. The van der Waals surface area contributed by atoms with Crippen LogP contribution in [0.25, 0.3) is 0 Å². The molecule has 0 amide bonds. The number of carboxylic acids is 1. The van der Waals surface area contributed by atoms with E-state index in [1.165, 1.54) is 25.7 Å². The smallest absolute Gasteiger partial charge is 0.340 e. The number of hydrogen-bond acceptors (Lipinski definition) is 6. The van der Waals surface area contributed by atoms with Crippen molar-refractivity contribution in [3.05, 3.63) is 41.9 Å². The van der Waals surface area contributed by atoms with E-state index in [2.05, 4.69) is 15.2 Å². The van der Waals surface area contributed by atoms with Crippen molar-refractivity contribution in [2.24, 2.45) is 17.8 Å². The lowest BCUT2D eigenvalue weighted by Gasteiger charge is -2.60. The number of aliphatic carboxylic acids is 1. The molecule has 6 rings (SSSR count). The van der Waals surface area contributed by atoms with Gasteiger partial charge in [0.05, 0.1) is 12.1 Å². The van der Waals surface area contributed by atoms with E-state index in [1.807, 2.05) is 30.0 Å². The number of fused-ring (bicyclic) bond motifs is 3. The predicted octanol–water partition coefficient (Wildman–Crippen LogP) is 3.61. The topological polar surface area (TPSA) is 82.5 Å². The Morgan fingerprint density at radius 2 is 2.00 bits per heavy atom. The largest absolute Gasteiger partial charge is 0.478 e. The van der Waals surface area contributed by atoms with Crippen LogP contribution in [-0.4, -0.2) is 68.1 Å². The van der Waals surface area contributed by atoms with Crippen molar-refractivity contribution in [1.29, 1.82) is 0 Å². The number of hydrogen-bond donors (Lipinski definition) is 2. The highest BCUT2D eigenvalue weighted by Crippen LogP contribution is 2.54. The van der Waals surface area contributed by atoms with Gasteiger partial charge in [-0.15, -0.1) is 11.8 Å². The van der Waals surface area contributed by atoms with Gasteiger partial charge in [-0.05, 0) is 43.2 Å². The lowest BCUT2D eigenvalue weighted by molar-refractivity contribution is -0.138. The second-order valence-electron chi connectivity index (χ2n) is 11.0. The fourth-order valence-corrected chi connectivity index (χ4v) is 9.72. The molecule has 35 heavy (non-hydrogen) atoms. The molecule has 0 bridgehead atoms. The summed E-state index contributed by atoms with van der Waals surface area (Å²) in [7, 11) is 0. The molecule has 1 aromatic rings. The molecule has 6 nitrogen and oxygen atoms in total. The summed E-state index contributed by atoms with van der Waals surface area (Å²) in [5, 5.41) is 13.6. The highest BCUT2D eigenvalue weighted by Gasteiger charge is 2.59. The zero-order chi connectivity index (χ0) is 24.1. The second kappa shape index (κ2) is 9.51. The molecule has 2 aliphatic heterocycles. The fourth-order valence-electron chi connectivity index (χ4n) is 7.60. The molecule has 9 unspecified atom stereocenters. The Bertz CT molecular complexity index is 1010. The number of pyridine rings is 1. The predicted molar refractivity (Wildman–Crippen MR) is 133 cm³/mol. The van der Waals surface area contributed by atoms with Crippen LogP contribution in [0.1, 0.15) is 50.6 Å². The maximum absolute atomic E-state index is 15.7. The summed E-state index contributed by atoms with van der Waals surface area (Å²) in [6.45, 7) is 0.625. The van der Waals surface area contributed by atoms with Gasteiger partial charge in [-0.3, -0.25) is 9.78 Å². The molecule has 3 saturated carbocycles. The summed E-state index contributed by atoms with van der Waals surface area (Å²) >= 11 is 1.89. The highest BCUT2D eigenvalue weighted by atomic mass is 32.2. The number of carboxylic acid groups (broad SMARTS) is 1. The maximum atomic E-state index is 15.7. The number of halogens is 1. The summed E-state index contributed by atoms with van der Waals surface area (Å²) in [6, 6.07) is 5.56. The van der Waals surface area contributed by atoms with Crippen LogP contribution in [0.3, 0.4) is 0 Å².